The van der Waals surface area contributed by atoms with Crippen LogP contribution in [-0.4, -0.2) is 11.9 Å². The van der Waals surface area contributed by atoms with E-state index in [1.165, 1.54) is 5.56 Å². The molecule has 20 heavy (non-hydrogen) atoms. The summed E-state index contributed by atoms with van der Waals surface area (Å²) in [5.41, 5.74) is 2.91. The molecule has 2 aromatic carbocycles. The van der Waals surface area contributed by atoms with Crippen LogP contribution in [0.4, 0.5) is 11.4 Å². The van der Waals surface area contributed by atoms with Gasteiger partial charge in [0.1, 0.15) is 6.04 Å². The summed E-state index contributed by atoms with van der Waals surface area (Å²) in [5, 5.41) is 6.79. The number of aryl methyl sites for hydroxylation is 1. The van der Waals surface area contributed by atoms with Gasteiger partial charge in [-0.25, -0.2) is 0 Å². The van der Waals surface area contributed by atoms with E-state index in [0.717, 1.165) is 24.2 Å². The van der Waals surface area contributed by atoms with Crippen LogP contribution in [-0.2, 0) is 11.2 Å². The fourth-order valence-corrected chi connectivity index (χ4v) is 2.55. The molecule has 2 N–H and O–H groups in total. The van der Waals surface area contributed by atoms with E-state index in [0.29, 0.717) is 5.02 Å². The van der Waals surface area contributed by atoms with Gasteiger partial charge < -0.3 is 10.6 Å². The molecule has 2 aromatic rings. The minimum Gasteiger partial charge on any atom is -0.372 e. The highest BCUT2D eigenvalue weighted by Crippen LogP contribution is 2.30. The first kappa shape index (κ1) is 13.0. The van der Waals surface area contributed by atoms with Crippen molar-refractivity contribution in [1.82, 2.24) is 0 Å². The predicted molar refractivity (Wildman–Crippen MR) is 82.3 cm³/mol. The van der Waals surface area contributed by atoms with Gasteiger partial charge in [-0.2, -0.15) is 0 Å². The second-order valence-corrected chi connectivity index (χ2v) is 5.34. The Hall–Kier alpha value is -2.00. The van der Waals surface area contributed by atoms with E-state index in [1.54, 1.807) is 6.07 Å². The Morgan fingerprint density at radius 3 is 2.65 bits per heavy atom. The second kappa shape index (κ2) is 5.55. The van der Waals surface area contributed by atoms with E-state index in [-0.39, 0.29) is 11.9 Å². The molecular weight excluding hydrogens is 272 g/mol. The Morgan fingerprint density at radius 2 is 1.85 bits per heavy atom. The first-order chi connectivity index (χ1) is 9.72. The van der Waals surface area contributed by atoms with E-state index in [2.05, 4.69) is 22.8 Å². The third-order valence-corrected chi connectivity index (χ3v) is 3.69. The van der Waals surface area contributed by atoms with Gasteiger partial charge in [0.15, 0.2) is 0 Å². The van der Waals surface area contributed by atoms with Crippen LogP contribution < -0.4 is 10.6 Å². The number of nitrogens with one attached hydrogen (secondary N) is 2. The molecule has 0 fully saturated rings. The third kappa shape index (κ3) is 2.78. The summed E-state index contributed by atoms with van der Waals surface area (Å²) in [7, 11) is 0. The van der Waals surface area contributed by atoms with Crippen molar-refractivity contribution in [3.63, 3.8) is 0 Å². The number of fused-ring (bicyclic) bond motifs is 1. The van der Waals surface area contributed by atoms with E-state index < -0.39 is 0 Å². The maximum atomic E-state index is 12.1. The molecule has 0 saturated heterocycles. The first-order valence-electron chi connectivity index (χ1n) is 6.63. The van der Waals surface area contributed by atoms with Crippen LogP contribution >= 0.6 is 11.6 Å². The van der Waals surface area contributed by atoms with Crippen molar-refractivity contribution in [2.75, 3.05) is 10.6 Å². The SMILES string of the molecule is O=C1Nc2cc(Cl)ccc2NC1CCc1ccccc1. The summed E-state index contributed by atoms with van der Waals surface area (Å²) in [6.45, 7) is 0. The number of hydrogen-bond acceptors (Lipinski definition) is 2. The molecule has 0 radical (unpaired) electrons. The molecule has 0 spiro atoms. The summed E-state index contributed by atoms with van der Waals surface area (Å²) in [6, 6.07) is 15.4. The molecule has 1 aliphatic rings. The number of hydrogen-bond donors (Lipinski definition) is 2. The summed E-state index contributed by atoms with van der Waals surface area (Å²) in [6.07, 6.45) is 1.63. The number of rotatable bonds is 3. The van der Waals surface area contributed by atoms with Crippen molar-refractivity contribution in [1.29, 1.82) is 0 Å². The quantitative estimate of drug-likeness (QED) is 0.903. The lowest BCUT2D eigenvalue weighted by molar-refractivity contribution is -0.117. The third-order valence-electron chi connectivity index (χ3n) is 3.45. The molecule has 4 heteroatoms. The van der Waals surface area contributed by atoms with Gasteiger partial charge in [0, 0.05) is 5.02 Å². The van der Waals surface area contributed by atoms with Crippen molar-refractivity contribution < 1.29 is 4.79 Å². The lowest BCUT2D eigenvalue weighted by Gasteiger charge is -2.27. The highest BCUT2D eigenvalue weighted by Gasteiger charge is 2.24. The summed E-state index contributed by atoms with van der Waals surface area (Å²) < 4.78 is 0. The molecule has 1 unspecified atom stereocenters. The van der Waals surface area contributed by atoms with Crippen LogP contribution in [0.5, 0.6) is 0 Å². The van der Waals surface area contributed by atoms with Crippen molar-refractivity contribution in [3.8, 4) is 0 Å². The van der Waals surface area contributed by atoms with Crippen molar-refractivity contribution in [2.24, 2.45) is 0 Å². The number of carbonyl (C=O) groups excluding carboxylic acids is 1. The number of anilines is 2. The van der Waals surface area contributed by atoms with E-state index in [4.69, 9.17) is 11.6 Å². The summed E-state index contributed by atoms with van der Waals surface area (Å²) >= 11 is 5.92. The topological polar surface area (TPSA) is 41.1 Å². The first-order valence-corrected chi connectivity index (χ1v) is 7.01. The van der Waals surface area contributed by atoms with Crippen molar-refractivity contribution in [3.05, 3.63) is 59.1 Å². The Morgan fingerprint density at radius 1 is 1.05 bits per heavy atom. The zero-order valence-corrected chi connectivity index (χ0v) is 11.7. The van der Waals surface area contributed by atoms with Crippen LogP contribution in [0.15, 0.2) is 48.5 Å². The van der Waals surface area contributed by atoms with E-state index >= 15 is 0 Å². The Kier molecular flexibility index (Phi) is 3.61. The van der Waals surface area contributed by atoms with Gasteiger partial charge in [0.05, 0.1) is 11.4 Å². The number of halogens is 1. The molecule has 0 bridgehead atoms. The summed E-state index contributed by atoms with van der Waals surface area (Å²) in [5.74, 6) is -0.00398. The Balaban J connectivity index is 1.70. The Labute approximate surface area is 123 Å². The molecule has 0 saturated carbocycles. The van der Waals surface area contributed by atoms with Gasteiger partial charge in [-0.15, -0.1) is 0 Å². The largest absolute Gasteiger partial charge is 0.372 e. The molecular formula is C16H15ClN2O. The van der Waals surface area contributed by atoms with Crippen molar-refractivity contribution in [2.45, 2.75) is 18.9 Å². The fourth-order valence-electron chi connectivity index (χ4n) is 2.38. The maximum Gasteiger partial charge on any atom is 0.246 e. The van der Waals surface area contributed by atoms with E-state index in [9.17, 15) is 4.79 Å². The van der Waals surface area contributed by atoms with Crippen LogP contribution in [0.1, 0.15) is 12.0 Å². The minimum absolute atomic E-state index is 0.00398. The molecule has 102 valence electrons. The second-order valence-electron chi connectivity index (χ2n) is 4.90. The lowest BCUT2D eigenvalue weighted by Crippen LogP contribution is -2.39. The van der Waals surface area contributed by atoms with Crippen LogP contribution in [0.3, 0.4) is 0 Å². The fraction of sp³-hybridized carbons (Fsp3) is 0.188. The van der Waals surface area contributed by atoms with Gasteiger partial charge in [-0.05, 0) is 36.6 Å². The van der Waals surface area contributed by atoms with Crippen LogP contribution in [0, 0.1) is 0 Å². The van der Waals surface area contributed by atoms with E-state index in [1.807, 2.05) is 30.3 Å². The summed E-state index contributed by atoms with van der Waals surface area (Å²) in [4.78, 5) is 12.1. The number of carbonyl (C=O) groups is 1. The van der Waals surface area contributed by atoms with Gasteiger partial charge in [-0.1, -0.05) is 41.9 Å². The van der Waals surface area contributed by atoms with Crippen LogP contribution in [0.2, 0.25) is 5.02 Å². The average Bonchev–Trinajstić information content (AvgIpc) is 2.46. The van der Waals surface area contributed by atoms with Crippen LogP contribution in [0.25, 0.3) is 0 Å². The molecule has 3 nitrogen and oxygen atoms in total. The van der Waals surface area contributed by atoms with Gasteiger partial charge in [-0.3, -0.25) is 4.79 Å². The standard InChI is InChI=1S/C16H15ClN2O/c17-12-7-9-13-15(10-12)19-16(20)14(18-13)8-6-11-4-2-1-3-5-11/h1-5,7,9-10,14,18H,6,8H2,(H,19,20). The smallest absolute Gasteiger partial charge is 0.246 e. The molecule has 1 heterocycles. The highest BCUT2D eigenvalue weighted by molar-refractivity contribution is 6.31. The minimum atomic E-state index is -0.205. The highest BCUT2D eigenvalue weighted by atomic mass is 35.5. The van der Waals surface area contributed by atoms with Crippen molar-refractivity contribution >= 4 is 28.9 Å². The number of benzene rings is 2. The average molecular weight is 287 g/mol. The van der Waals surface area contributed by atoms with Gasteiger partial charge in [0.25, 0.3) is 0 Å². The maximum absolute atomic E-state index is 12.1. The molecule has 0 aromatic heterocycles. The number of amides is 1. The normalized spacial score (nSPS) is 17.1. The monoisotopic (exact) mass is 286 g/mol. The van der Waals surface area contributed by atoms with Gasteiger partial charge in [0.2, 0.25) is 5.91 Å². The predicted octanol–water partition coefficient (Wildman–Crippen LogP) is 3.71. The lowest BCUT2D eigenvalue weighted by atomic mass is 10.0. The zero-order valence-electron chi connectivity index (χ0n) is 10.9. The Bertz CT molecular complexity index is 628. The molecule has 1 aliphatic heterocycles. The van der Waals surface area contributed by atoms with Gasteiger partial charge >= 0.3 is 0 Å². The molecule has 1 atom stereocenters. The molecule has 0 aliphatic carbocycles. The molecule has 3 rings (SSSR count). The zero-order chi connectivity index (χ0) is 13.9. The molecule has 1 amide bonds.